The number of carbonyl (C=O) groups excluding carboxylic acids is 2. The Hall–Kier alpha value is -2.90. The van der Waals surface area contributed by atoms with Gasteiger partial charge in [-0.1, -0.05) is 6.07 Å². The molecule has 25 heavy (non-hydrogen) atoms. The first kappa shape index (κ1) is 16.9. The first-order valence-corrected chi connectivity index (χ1v) is 8.13. The van der Waals surface area contributed by atoms with Crippen LogP contribution < -0.4 is 4.74 Å². The van der Waals surface area contributed by atoms with Gasteiger partial charge in [0.25, 0.3) is 11.8 Å². The molecule has 0 spiro atoms. The van der Waals surface area contributed by atoms with Crippen molar-refractivity contribution in [3.05, 3.63) is 41.9 Å². The first-order valence-electron chi connectivity index (χ1n) is 8.13. The highest BCUT2D eigenvalue weighted by Gasteiger charge is 2.24. The number of carbonyl (C=O) groups is 2. The van der Waals surface area contributed by atoms with Crippen LogP contribution in [0, 0.1) is 6.92 Å². The third kappa shape index (κ3) is 4.56. The van der Waals surface area contributed by atoms with Gasteiger partial charge in [-0.3, -0.25) is 14.6 Å². The summed E-state index contributed by atoms with van der Waals surface area (Å²) in [5.41, 5.74) is 0.752. The number of aromatic nitrogens is 2. The van der Waals surface area contributed by atoms with Gasteiger partial charge in [-0.05, 0) is 24.2 Å². The van der Waals surface area contributed by atoms with Crippen molar-refractivity contribution in [3.8, 4) is 5.88 Å². The van der Waals surface area contributed by atoms with Gasteiger partial charge in [0.15, 0.2) is 6.61 Å². The Morgan fingerprint density at radius 1 is 1.16 bits per heavy atom. The van der Waals surface area contributed by atoms with Gasteiger partial charge in [-0.2, -0.15) is 0 Å². The molecule has 2 aromatic rings. The van der Waals surface area contributed by atoms with E-state index in [0.29, 0.717) is 37.8 Å². The quantitative estimate of drug-likeness (QED) is 0.792. The van der Waals surface area contributed by atoms with Gasteiger partial charge in [0.05, 0.1) is 6.42 Å². The van der Waals surface area contributed by atoms with Crippen LogP contribution in [-0.4, -0.2) is 64.5 Å². The largest absolute Gasteiger partial charge is 0.465 e. The molecule has 132 valence electrons. The summed E-state index contributed by atoms with van der Waals surface area (Å²) >= 11 is 0. The van der Waals surface area contributed by atoms with Crippen LogP contribution in [0.25, 0.3) is 0 Å². The zero-order valence-corrected chi connectivity index (χ0v) is 14.1. The SMILES string of the molecule is Cc1cc(OCC(=O)N2CCN(C(=O)Cc3ccccn3)CC2)no1. The molecule has 2 amide bonds. The number of piperazine rings is 1. The Labute approximate surface area is 145 Å². The van der Waals surface area contributed by atoms with Gasteiger partial charge in [0.1, 0.15) is 5.76 Å². The number of amides is 2. The fraction of sp³-hybridized carbons (Fsp3) is 0.412. The molecule has 3 rings (SSSR count). The van der Waals surface area contributed by atoms with E-state index in [1.54, 1.807) is 29.0 Å². The fourth-order valence-electron chi connectivity index (χ4n) is 2.61. The van der Waals surface area contributed by atoms with Gasteiger partial charge >= 0.3 is 0 Å². The van der Waals surface area contributed by atoms with Gasteiger partial charge < -0.3 is 19.1 Å². The smallest absolute Gasteiger partial charge is 0.260 e. The van der Waals surface area contributed by atoms with E-state index in [0.717, 1.165) is 5.69 Å². The molecule has 0 radical (unpaired) electrons. The number of hydrogen-bond donors (Lipinski definition) is 0. The molecule has 0 atom stereocenters. The van der Waals surface area contributed by atoms with E-state index in [2.05, 4.69) is 10.1 Å². The molecule has 0 aliphatic carbocycles. The van der Waals surface area contributed by atoms with Crippen molar-refractivity contribution in [3.63, 3.8) is 0 Å². The molecular formula is C17H20N4O4. The molecule has 0 bridgehead atoms. The molecule has 0 saturated carbocycles. The van der Waals surface area contributed by atoms with Crippen LogP contribution in [0.3, 0.4) is 0 Å². The zero-order chi connectivity index (χ0) is 17.6. The van der Waals surface area contributed by atoms with E-state index < -0.39 is 0 Å². The third-order valence-electron chi connectivity index (χ3n) is 3.99. The Kier molecular flexibility index (Phi) is 5.27. The van der Waals surface area contributed by atoms with Crippen molar-refractivity contribution < 1.29 is 18.8 Å². The Morgan fingerprint density at radius 2 is 1.88 bits per heavy atom. The minimum Gasteiger partial charge on any atom is -0.465 e. The molecule has 0 unspecified atom stereocenters. The topological polar surface area (TPSA) is 88.8 Å². The Morgan fingerprint density at radius 3 is 2.48 bits per heavy atom. The highest BCUT2D eigenvalue weighted by atomic mass is 16.5. The summed E-state index contributed by atoms with van der Waals surface area (Å²) in [5, 5.41) is 3.68. The maximum atomic E-state index is 12.3. The highest BCUT2D eigenvalue weighted by Crippen LogP contribution is 2.11. The number of ether oxygens (including phenoxy) is 1. The van der Waals surface area contributed by atoms with E-state index in [4.69, 9.17) is 9.26 Å². The minimum absolute atomic E-state index is 0.0279. The maximum absolute atomic E-state index is 12.3. The second kappa shape index (κ2) is 7.78. The fourth-order valence-corrected chi connectivity index (χ4v) is 2.61. The van der Waals surface area contributed by atoms with E-state index >= 15 is 0 Å². The van der Waals surface area contributed by atoms with Crippen molar-refractivity contribution in [2.24, 2.45) is 0 Å². The average Bonchev–Trinajstić information content (AvgIpc) is 3.06. The average molecular weight is 344 g/mol. The van der Waals surface area contributed by atoms with Crippen LogP contribution in [0.1, 0.15) is 11.5 Å². The second-order valence-corrected chi connectivity index (χ2v) is 5.82. The lowest BCUT2D eigenvalue weighted by Gasteiger charge is -2.34. The molecule has 3 heterocycles. The van der Waals surface area contributed by atoms with Crippen LogP contribution in [-0.2, 0) is 16.0 Å². The molecule has 8 nitrogen and oxygen atoms in total. The summed E-state index contributed by atoms with van der Waals surface area (Å²) in [6.07, 6.45) is 1.96. The van der Waals surface area contributed by atoms with Crippen LogP contribution in [0.5, 0.6) is 5.88 Å². The lowest BCUT2D eigenvalue weighted by atomic mass is 10.2. The van der Waals surface area contributed by atoms with Gasteiger partial charge in [-0.25, -0.2) is 0 Å². The van der Waals surface area contributed by atoms with E-state index in [1.165, 1.54) is 0 Å². The van der Waals surface area contributed by atoms with Crippen LogP contribution >= 0.6 is 0 Å². The molecule has 1 saturated heterocycles. The van der Waals surface area contributed by atoms with E-state index in [9.17, 15) is 9.59 Å². The monoisotopic (exact) mass is 344 g/mol. The molecule has 0 N–H and O–H groups in total. The number of nitrogens with zero attached hydrogens (tertiary/aromatic N) is 4. The lowest BCUT2D eigenvalue weighted by molar-refractivity contribution is -0.140. The minimum atomic E-state index is -0.127. The molecule has 0 aromatic carbocycles. The molecule has 1 aliphatic heterocycles. The maximum Gasteiger partial charge on any atom is 0.260 e. The van der Waals surface area contributed by atoms with Crippen molar-refractivity contribution in [2.45, 2.75) is 13.3 Å². The number of rotatable bonds is 5. The van der Waals surface area contributed by atoms with Gasteiger partial charge in [0, 0.05) is 44.1 Å². The molecule has 1 fully saturated rings. The normalized spacial score (nSPS) is 14.4. The van der Waals surface area contributed by atoms with Crippen molar-refractivity contribution in [1.29, 1.82) is 0 Å². The zero-order valence-electron chi connectivity index (χ0n) is 14.1. The summed E-state index contributed by atoms with van der Waals surface area (Å²) in [4.78, 5) is 32.1. The predicted octanol–water partition coefficient (Wildman–Crippen LogP) is 0.670. The van der Waals surface area contributed by atoms with Crippen LogP contribution in [0.4, 0.5) is 0 Å². The summed E-state index contributed by atoms with van der Waals surface area (Å²) in [6.45, 7) is 3.68. The number of pyridine rings is 1. The predicted molar refractivity (Wildman–Crippen MR) is 87.8 cm³/mol. The van der Waals surface area contributed by atoms with Gasteiger partial charge in [0.2, 0.25) is 5.91 Å². The standard InChI is InChI=1S/C17H20N4O4/c1-13-10-15(19-25-13)24-12-17(23)21-8-6-20(7-9-21)16(22)11-14-4-2-3-5-18-14/h2-5,10H,6-9,11-12H2,1H3. The third-order valence-corrected chi connectivity index (χ3v) is 3.99. The Balaban J connectivity index is 1.43. The second-order valence-electron chi connectivity index (χ2n) is 5.82. The van der Waals surface area contributed by atoms with Crippen LogP contribution in [0.2, 0.25) is 0 Å². The lowest BCUT2D eigenvalue weighted by Crippen LogP contribution is -2.52. The van der Waals surface area contributed by atoms with Crippen molar-refractivity contribution in [2.75, 3.05) is 32.8 Å². The van der Waals surface area contributed by atoms with Gasteiger partial charge in [-0.15, -0.1) is 0 Å². The number of aryl methyl sites for hydroxylation is 1. The first-order chi connectivity index (χ1) is 12.1. The van der Waals surface area contributed by atoms with Crippen molar-refractivity contribution >= 4 is 11.8 Å². The molecule has 2 aromatic heterocycles. The highest BCUT2D eigenvalue weighted by molar-refractivity contribution is 5.80. The number of hydrogen-bond acceptors (Lipinski definition) is 6. The van der Waals surface area contributed by atoms with E-state index in [1.807, 2.05) is 18.2 Å². The van der Waals surface area contributed by atoms with Crippen molar-refractivity contribution in [1.82, 2.24) is 19.9 Å². The molecule has 8 heteroatoms. The summed E-state index contributed by atoms with van der Waals surface area (Å²) < 4.78 is 10.2. The Bertz CT molecular complexity index is 723. The molecule has 1 aliphatic rings. The van der Waals surface area contributed by atoms with E-state index in [-0.39, 0.29) is 24.8 Å². The summed E-state index contributed by atoms with van der Waals surface area (Å²) in [7, 11) is 0. The van der Waals surface area contributed by atoms with Crippen LogP contribution in [0.15, 0.2) is 35.0 Å². The molecular weight excluding hydrogens is 324 g/mol. The summed E-state index contributed by atoms with van der Waals surface area (Å²) in [5.74, 6) is 0.829. The summed E-state index contributed by atoms with van der Waals surface area (Å²) in [6, 6.07) is 7.14.